The number of rotatable bonds is 5. The van der Waals surface area contributed by atoms with Gasteiger partial charge in [0, 0.05) is 17.5 Å². The van der Waals surface area contributed by atoms with Crippen molar-refractivity contribution in [3.05, 3.63) is 75.2 Å². The van der Waals surface area contributed by atoms with E-state index in [1.165, 1.54) is 12.3 Å². The first kappa shape index (κ1) is 22.2. The number of primary amides is 1. The molecular formula is C21H12ClF2N5OS. The number of pyridine rings is 2. The Bertz CT molecular complexity index is 1300. The highest BCUT2D eigenvalue weighted by Crippen LogP contribution is 2.37. The third-order valence-electron chi connectivity index (χ3n) is 4.47. The minimum atomic E-state index is -1.13. The first-order valence-electron chi connectivity index (χ1n) is 8.64. The zero-order valence-corrected chi connectivity index (χ0v) is 17.5. The van der Waals surface area contributed by atoms with Crippen LogP contribution in [0.2, 0.25) is 5.15 Å². The molecule has 1 amide bonds. The molecule has 31 heavy (non-hydrogen) atoms. The molecule has 2 aromatic heterocycles. The van der Waals surface area contributed by atoms with Crippen LogP contribution in [0.4, 0.5) is 8.78 Å². The number of nitrogens with zero attached hydrogens (tertiary/aromatic N) is 4. The zero-order chi connectivity index (χ0) is 22.7. The molecule has 1 aromatic carbocycles. The van der Waals surface area contributed by atoms with Gasteiger partial charge in [-0.1, -0.05) is 17.7 Å². The first-order valence-corrected chi connectivity index (χ1v) is 10.0. The van der Waals surface area contributed by atoms with E-state index in [1.54, 1.807) is 13.0 Å². The van der Waals surface area contributed by atoms with Gasteiger partial charge < -0.3 is 5.73 Å². The minimum absolute atomic E-state index is 0.00112. The molecule has 10 heteroatoms. The average Bonchev–Trinajstić information content (AvgIpc) is 2.74. The lowest BCUT2D eigenvalue weighted by atomic mass is 9.97. The number of benzene rings is 1. The van der Waals surface area contributed by atoms with Gasteiger partial charge in [0.2, 0.25) is 0 Å². The topological polar surface area (TPSA) is 116 Å². The van der Waals surface area contributed by atoms with E-state index in [2.05, 4.69) is 9.97 Å². The van der Waals surface area contributed by atoms with Gasteiger partial charge in [-0.3, -0.25) is 9.78 Å². The molecule has 0 aliphatic rings. The van der Waals surface area contributed by atoms with E-state index in [1.807, 2.05) is 12.1 Å². The molecule has 0 unspecified atom stereocenters. The average molecular weight is 456 g/mol. The van der Waals surface area contributed by atoms with E-state index in [-0.39, 0.29) is 43.9 Å². The Morgan fingerprint density at radius 2 is 1.90 bits per heavy atom. The first-order chi connectivity index (χ1) is 14.8. The van der Waals surface area contributed by atoms with E-state index in [0.29, 0.717) is 5.56 Å². The van der Waals surface area contributed by atoms with E-state index >= 15 is 0 Å². The van der Waals surface area contributed by atoms with Crippen LogP contribution in [0.15, 0.2) is 35.5 Å². The van der Waals surface area contributed by atoms with Gasteiger partial charge >= 0.3 is 0 Å². The van der Waals surface area contributed by atoms with Crippen molar-refractivity contribution in [3.63, 3.8) is 0 Å². The molecule has 0 saturated carbocycles. The maximum atomic E-state index is 13.8. The Morgan fingerprint density at radius 3 is 2.52 bits per heavy atom. The summed E-state index contributed by atoms with van der Waals surface area (Å²) >= 11 is 7.30. The molecular weight excluding hydrogens is 444 g/mol. The quantitative estimate of drug-likeness (QED) is 0.446. The molecule has 2 N–H and O–H groups in total. The molecule has 0 radical (unpaired) electrons. The summed E-state index contributed by atoms with van der Waals surface area (Å²) in [5, 5.41) is 19.3. The van der Waals surface area contributed by atoms with Crippen molar-refractivity contribution < 1.29 is 13.6 Å². The summed E-state index contributed by atoms with van der Waals surface area (Å²) in [4.78, 5) is 19.6. The number of thioether (sulfide) groups is 1. The van der Waals surface area contributed by atoms with Gasteiger partial charge in [-0.2, -0.15) is 10.5 Å². The molecule has 0 atom stereocenters. The second-order valence-electron chi connectivity index (χ2n) is 6.28. The van der Waals surface area contributed by atoms with Crippen molar-refractivity contribution in [1.82, 2.24) is 9.97 Å². The van der Waals surface area contributed by atoms with Crippen LogP contribution in [0, 0.1) is 41.2 Å². The molecule has 0 spiro atoms. The van der Waals surface area contributed by atoms with Gasteiger partial charge in [0.1, 0.15) is 28.0 Å². The molecule has 0 fully saturated rings. The zero-order valence-electron chi connectivity index (χ0n) is 15.9. The summed E-state index contributed by atoms with van der Waals surface area (Å²) in [5.41, 5.74) is 6.84. The van der Waals surface area contributed by atoms with Gasteiger partial charge in [-0.05, 0) is 41.8 Å². The van der Waals surface area contributed by atoms with Gasteiger partial charge in [0.05, 0.1) is 11.1 Å². The largest absolute Gasteiger partial charge is 0.364 e. The summed E-state index contributed by atoms with van der Waals surface area (Å²) in [7, 11) is 0. The predicted octanol–water partition coefficient (Wildman–Crippen LogP) is 4.52. The number of carbonyl (C=O) groups is 1. The lowest BCUT2D eigenvalue weighted by Crippen LogP contribution is -2.15. The molecule has 6 nitrogen and oxygen atoms in total. The maximum absolute atomic E-state index is 13.8. The SMILES string of the molecule is Cc1c(CSc2nc(Cl)c(C#N)c(-c3ccc(F)c(F)c3)c2C#N)ccnc1C(N)=O. The Kier molecular flexibility index (Phi) is 6.50. The number of hydrogen-bond acceptors (Lipinski definition) is 6. The Hall–Kier alpha value is -3.53. The standard InChI is InChI=1S/C21H12ClF2N5OS/c1-10-12(4-5-28-18(10)20(27)30)9-31-21-14(8-26)17(13(7-25)19(22)29-21)11-2-3-15(23)16(24)6-11/h2-6H,9H2,1H3,(H2,27,30). The van der Waals surface area contributed by atoms with E-state index in [9.17, 15) is 24.1 Å². The number of halogens is 3. The second-order valence-corrected chi connectivity index (χ2v) is 7.60. The van der Waals surface area contributed by atoms with Gasteiger partial charge in [0.25, 0.3) is 5.91 Å². The van der Waals surface area contributed by atoms with Crippen LogP contribution in [-0.2, 0) is 5.75 Å². The molecule has 0 aliphatic heterocycles. The third-order valence-corrected chi connectivity index (χ3v) is 5.76. The number of nitriles is 2. The normalized spacial score (nSPS) is 10.4. The monoisotopic (exact) mass is 455 g/mol. The van der Waals surface area contributed by atoms with Gasteiger partial charge in [-0.25, -0.2) is 13.8 Å². The highest BCUT2D eigenvalue weighted by molar-refractivity contribution is 7.98. The highest BCUT2D eigenvalue weighted by atomic mass is 35.5. The van der Waals surface area contributed by atoms with Crippen LogP contribution in [0.5, 0.6) is 0 Å². The van der Waals surface area contributed by atoms with Crippen LogP contribution >= 0.6 is 23.4 Å². The molecule has 0 saturated heterocycles. The molecule has 3 rings (SSSR count). The summed E-state index contributed by atoms with van der Waals surface area (Å²) < 4.78 is 27.2. The van der Waals surface area contributed by atoms with Gasteiger partial charge in [-0.15, -0.1) is 11.8 Å². The third kappa shape index (κ3) is 4.33. The van der Waals surface area contributed by atoms with Crippen molar-refractivity contribution in [2.75, 3.05) is 0 Å². The van der Waals surface area contributed by atoms with E-state index in [4.69, 9.17) is 17.3 Å². The lowest BCUT2D eigenvalue weighted by molar-refractivity contribution is 0.0995. The van der Waals surface area contributed by atoms with Crippen LogP contribution in [0.25, 0.3) is 11.1 Å². The Balaban J connectivity index is 2.11. The Labute approximate surface area is 185 Å². The van der Waals surface area contributed by atoms with Gasteiger partial charge in [0.15, 0.2) is 11.6 Å². The van der Waals surface area contributed by atoms with Crippen molar-refractivity contribution in [1.29, 1.82) is 10.5 Å². The fraction of sp³-hybridized carbons (Fsp3) is 0.0952. The van der Waals surface area contributed by atoms with E-state index in [0.717, 1.165) is 29.5 Å². The summed E-state index contributed by atoms with van der Waals surface area (Å²) in [6, 6.07) is 8.60. The van der Waals surface area contributed by atoms with Crippen molar-refractivity contribution in [2.45, 2.75) is 17.7 Å². The second kappa shape index (κ2) is 9.09. The fourth-order valence-corrected chi connectivity index (χ4v) is 4.24. The number of carbonyl (C=O) groups excluding carboxylic acids is 1. The van der Waals surface area contributed by atoms with Crippen LogP contribution in [0.3, 0.4) is 0 Å². The Morgan fingerprint density at radius 1 is 1.19 bits per heavy atom. The maximum Gasteiger partial charge on any atom is 0.267 e. The van der Waals surface area contributed by atoms with Crippen LogP contribution in [0.1, 0.15) is 32.7 Å². The smallest absolute Gasteiger partial charge is 0.267 e. The van der Waals surface area contributed by atoms with Crippen molar-refractivity contribution in [3.8, 4) is 23.3 Å². The predicted molar refractivity (Wildman–Crippen MR) is 111 cm³/mol. The molecule has 0 aliphatic carbocycles. The number of nitrogens with two attached hydrogens (primary N) is 1. The van der Waals surface area contributed by atoms with Crippen LogP contribution in [-0.4, -0.2) is 15.9 Å². The molecule has 3 aromatic rings. The highest BCUT2D eigenvalue weighted by Gasteiger charge is 2.22. The molecule has 154 valence electrons. The lowest BCUT2D eigenvalue weighted by Gasteiger charge is -2.13. The van der Waals surface area contributed by atoms with Crippen LogP contribution < -0.4 is 5.73 Å². The number of amides is 1. The summed E-state index contributed by atoms with van der Waals surface area (Å²) in [5.74, 6) is -2.56. The molecule has 0 bridgehead atoms. The summed E-state index contributed by atoms with van der Waals surface area (Å²) in [6.45, 7) is 1.69. The van der Waals surface area contributed by atoms with Crippen molar-refractivity contribution >= 4 is 29.3 Å². The number of aromatic nitrogens is 2. The summed E-state index contributed by atoms with van der Waals surface area (Å²) in [6.07, 6.45) is 1.44. The molecule has 2 heterocycles. The fourth-order valence-electron chi connectivity index (χ4n) is 2.91. The van der Waals surface area contributed by atoms with E-state index < -0.39 is 17.5 Å². The van der Waals surface area contributed by atoms with Crippen molar-refractivity contribution in [2.24, 2.45) is 5.73 Å². The number of hydrogen-bond donors (Lipinski definition) is 1. The minimum Gasteiger partial charge on any atom is -0.364 e.